The maximum Gasteiger partial charge on any atom is 0.268 e. The summed E-state index contributed by atoms with van der Waals surface area (Å²) < 4.78 is 26.3. The number of nitrogens with one attached hydrogen (secondary N) is 2. The van der Waals surface area contributed by atoms with Gasteiger partial charge in [-0.3, -0.25) is 4.79 Å². The summed E-state index contributed by atoms with van der Waals surface area (Å²) in [7, 11) is -3.67. The van der Waals surface area contributed by atoms with Crippen LogP contribution in [0.25, 0.3) is 0 Å². The summed E-state index contributed by atoms with van der Waals surface area (Å²) in [6.07, 6.45) is 5.87. The van der Waals surface area contributed by atoms with Crippen molar-refractivity contribution in [3.63, 3.8) is 0 Å². The maximum absolute atomic E-state index is 11.9. The molecule has 1 fully saturated rings. The van der Waals surface area contributed by atoms with Crippen molar-refractivity contribution in [2.45, 2.75) is 30.6 Å². The number of aromatic amines is 1. The van der Waals surface area contributed by atoms with Gasteiger partial charge in [0.1, 0.15) is 4.90 Å². The van der Waals surface area contributed by atoms with E-state index in [4.69, 9.17) is 0 Å². The van der Waals surface area contributed by atoms with Gasteiger partial charge in [-0.15, -0.1) is 0 Å². The van der Waals surface area contributed by atoms with Crippen LogP contribution in [0.2, 0.25) is 0 Å². The Balaban J connectivity index is 2.08. The monoisotopic (exact) mass is 256 g/mol. The molecule has 94 valence electrons. The highest BCUT2D eigenvalue weighted by Gasteiger charge is 2.21. The summed E-state index contributed by atoms with van der Waals surface area (Å²) in [5, 5.41) is 0. The minimum absolute atomic E-state index is 0.210. The number of hydrogen-bond acceptors (Lipinski definition) is 3. The van der Waals surface area contributed by atoms with Crippen molar-refractivity contribution in [1.29, 1.82) is 0 Å². The van der Waals surface area contributed by atoms with E-state index in [0.717, 1.165) is 25.7 Å². The lowest BCUT2D eigenvalue weighted by Crippen LogP contribution is -2.32. The number of H-pyrrole nitrogens is 1. The van der Waals surface area contributed by atoms with Crippen LogP contribution in [0.3, 0.4) is 0 Å². The van der Waals surface area contributed by atoms with Crippen LogP contribution in [-0.4, -0.2) is 19.9 Å². The Morgan fingerprint density at radius 1 is 1.35 bits per heavy atom. The fourth-order valence-electron chi connectivity index (χ4n) is 2.14. The first-order chi connectivity index (χ1) is 8.09. The molecule has 0 aliphatic heterocycles. The summed E-state index contributed by atoms with van der Waals surface area (Å²) in [6, 6.07) is 2.82. The summed E-state index contributed by atoms with van der Waals surface area (Å²) in [5.74, 6) is 0.410. The van der Waals surface area contributed by atoms with Gasteiger partial charge in [-0.25, -0.2) is 13.1 Å². The topological polar surface area (TPSA) is 79.0 Å². The van der Waals surface area contributed by atoms with E-state index in [9.17, 15) is 13.2 Å². The Bertz CT molecular complexity index is 530. The molecule has 0 bridgehead atoms. The second kappa shape index (κ2) is 5.01. The highest BCUT2D eigenvalue weighted by molar-refractivity contribution is 7.89. The Kier molecular flexibility index (Phi) is 3.63. The van der Waals surface area contributed by atoms with E-state index in [0.29, 0.717) is 12.5 Å². The van der Waals surface area contributed by atoms with E-state index in [1.54, 1.807) is 0 Å². The van der Waals surface area contributed by atoms with Crippen LogP contribution in [0.15, 0.2) is 28.0 Å². The van der Waals surface area contributed by atoms with E-state index in [2.05, 4.69) is 9.71 Å². The Labute approximate surface area is 100 Å². The molecular formula is C11H16N2O3S. The Hall–Kier alpha value is -1.14. The van der Waals surface area contributed by atoms with Crippen molar-refractivity contribution in [3.05, 3.63) is 28.7 Å². The third-order valence-corrected chi connectivity index (χ3v) is 4.56. The van der Waals surface area contributed by atoms with Gasteiger partial charge in [-0.1, -0.05) is 12.8 Å². The molecule has 0 unspecified atom stereocenters. The molecule has 1 heterocycles. The molecule has 0 radical (unpaired) electrons. The van der Waals surface area contributed by atoms with Crippen molar-refractivity contribution >= 4 is 10.0 Å². The number of aromatic nitrogens is 1. The lowest BCUT2D eigenvalue weighted by Gasteiger charge is -2.10. The van der Waals surface area contributed by atoms with Crippen LogP contribution in [0.1, 0.15) is 25.7 Å². The first-order valence-corrected chi connectivity index (χ1v) is 7.25. The Morgan fingerprint density at radius 2 is 2.06 bits per heavy atom. The standard InChI is InChI=1S/C11H16N2O3S/c14-11-10(6-3-7-12-11)17(15,16)13-8-9-4-1-2-5-9/h3,6-7,9,13H,1-2,4-5,8H2,(H,12,14). The van der Waals surface area contributed by atoms with Gasteiger partial charge in [-0.05, 0) is 30.9 Å². The van der Waals surface area contributed by atoms with E-state index >= 15 is 0 Å². The number of hydrogen-bond donors (Lipinski definition) is 2. The molecule has 1 aromatic rings. The summed E-state index contributed by atoms with van der Waals surface area (Å²) >= 11 is 0. The fraction of sp³-hybridized carbons (Fsp3) is 0.545. The van der Waals surface area contributed by atoms with Gasteiger partial charge in [0.2, 0.25) is 10.0 Å². The smallest absolute Gasteiger partial charge is 0.268 e. The van der Waals surface area contributed by atoms with E-state index in [1.807, 2.05) is 0 Å². The molecule has 2 rings (SSSR count). The van der Waals surface area contributed by atoms with Crippen LogP contribution in [-0.2, 0) is 10.0 Å². The van der Waals surface area contributed by atoms with Crippen LogP contribution >= 0.6 is 0 Å². The van der Waals surface area contributed by atoms with Crippen molar-refractivity contribution in [2.24, 2.45) is 5.92 Å². The maximum atomic E-state index is 11.9. The fourth-order valence-corrected chi connectivity index (χ4v) is 3.31. The highest BCUT2D eigenvalue weighted by Crippen LogP contribution is 2.24. The third kappa shape index (κ3) is 2.95. The van der Waals surface area contributed by atoms with Gasteiger partial charge < -0.3 is 4.98 Å². The van der Waals surface area contributed by atoms with Crippen molar-refractivity contribution in [3.8, 4) is 0 Å². The molecule has 1 aromatic heterocycles. The van der Waals surface area contributed by atoms with Crippen LogP contribution in [0, 0.1) is 5.92 Å². The van der Waals surface area contributed by atoms with Crippen LogP contribution in [0.5, 0.6) is 0 Å². The molecule has 0 aromatic carbocycles. The largest absolute Gasteiger partial charge is 0.328 e. The molecule has 5 nitrogen and oxygen atoms in total. The molecule has 17 heavy (non-hydrogen) atoms. The first-order valence-electron chi connectivity index (χ1n) is 5.77. The molecule has 0 saturated heterocycles. The normalized spacial score (nSPS) is 17.4. The van der Waals surface area contributed by atoms with Crippen molar-refractivity contribution in [2.75, 3.05) is 6.54 Å². The summed E-state index contributed by atoms with van der Waals surface area (Å²) in [5.41, 5.74) is -0.577. The molecule has 1 aliphatic carbocycles. The second-order valence-corrected chi connectivity index (χ2v) is 6.10. The van der Waals surface area contributed by atoms with Gasteiger partial charge in [0.25, 0.3) is 5.56 Å². The van der Waals surface area contributed by atoms with E-state index < -0.39 is 15.6 Å². The molecule has 1 saturated carbocycles. The first kappa shape index (κ1) is 12.3. The van der Waals surface area contributed by atoms with E-state index in [-0.39, 0.29) is 4.90 Å². The number of sulfonamides is 1. The predicted octanol–water partition coefficient (Wildman–Crippen LogP) is 0.843. The minimum Gasteiger partial charge on any atom is -0.328 e. The third-order valence-electron chi connectivity index (χ3n) is 3.11. The Morgan fingerprint density at radius 3 is 2.71 bits per heavy atom. The molecule has 1 aliphatic rings. The number of pyridine rings is 1. The quantitative estimate of drug-likeness (QED) is 0.838. The van der Waals surface area contributed by atoms with Gasteiger partial charge >= 0.3 is 0 Å². The molecular weight excluding hydrogens is 240 g/mol. The average molecular weight is 256 g/mol. The molecule has 0 atom stereocenters. The molecule has 2 N–H and O–H groups in total. The number of rotatable bonds is 4. The summed E-state index contributed by atoms with van der Waals surface area (Å²) in [6.45, 7) is 0.427. The van der Waals surface area contributed by atoms with Crippen LogP contribution in [0.4, 0.5) is 0 Å². The molecule has 6 heteroatoms. The van der Waals surface area contributed by atoms with Gasteiger partial charge in [0.05, 0.1) is 0 Å². The zero-order valence-corrected chi connectivity index (χ0v) is 10.3. The van der Waals surface area contributed by atoms with Gasteiger partial charge in [0.15, 0.2) is 0 Å². The SMILES string of the molecule is O=c1[nH]cccc1S(=O)(=O)NCC1CCCC1. The second-order valence-electron chi connectivity index (χ2n) is 4.37. The predicted molar refractivity (Wildman–Crippen MR) is 64.2 cm³/mol. The lowest BCUT2D eigenvalue weighted by molar-refractivity contribution is 0.519. The van der Waals surface area contributed by atoms with Crippen LogP contribution < -0.4 is 10.3 Å². The van der Waals surface area contributed by atoms with Crippen molar-refractivity contribution in [1.82, 2.24) is 9.71 Å². The van der Waals surface area contributed by atoms with Gasteiger partial charge in [0, 0.05) is 12.7 Å². The summed E-state index contributed by atoms with van der Waals surface area (Å²) in [4.78, 5) is 13.5. The average Bonchev–Trinajstić information content (AvgIpc) is 2.80. The zero-order chi connectivity index (χ0) is 12.3. The molecule has 0 amide bonds. The zero-order valence-electron chi connectivity index (χ0n) is 9.48. The highest BCUT2D eigenvalue weighted by atomic mass is 32.2. The minimum atomic E-state index is -3.67. The van der Waals surface area contributed by atoms with E-state index in [1.165, 1.54) is 18.3 Å². The van der Waals surface area contributed by atoms with Crippen molar-refractivity contribution < 1.29 is 8.42 Å². The molecule has 0 spiro atoms. The lowest BCUT2D eigenvalue weighted by atomic mass is 10.1. The van der Waals surface area contributed by atoms with Gasteiger partial charge in [-0.2, -0.15) is 0 Å².